The number of hydrogen-bond donors (Lipinski definition) is 1. The second-order valence-corrected chi connectivity index (χ2v) is 6.80. The topological polar surface area (TPSA) is 90.9 Å². The van der Waals surface area contributed by atoms with Gasteiger partial charge in [-0.15, -0.1) is 0 Å². The highest BCUT2D eigenvalue weighted by Gasteiger charge is 2.28. The van der Waals surface area contributed by atoms with Gasteiger partial charge < -0.3 is 19.5 Å². The second kappa shape index (κ2) is 12.8. The molecule has 0 saturated heterocycles. The molecular weight excluding hydrogens is 326 g/mol. The van der Waals surface area contributed by atoms with Crippen LogP contribution < -0.4 is 5.32 Å². The Balaban J connectivity index is 3.55. The van der Waals surface area contributed by atoms with Gasteiger partial charge in [-0.3, -0.25) is 14.4 Å². The van der Waals surface area contributed by atoms with Gasteiger partial charge in [0, 0.05) is 30.9 Å². The highest BCUT2D eigenvalue weighted by atomic mass is 16.5. The molecule has 0 aromatic carbocycles. The predicted octanol–water partition coefficient (Wildman–Crippen LogP) is 1.73. The molecule has 0 aliphatic rings. The van der Waals surface area contributed by atoms with E-state index in [1.807, 2.05) is 27.7 Å². The number of carbonyl (C=O) groups excluding carboxylic acids is 3. The SMILES string of the molecule is COC(=O)CCC(=O)NCCOCCOCCC(C)(C)C(=O)C(C)C. The summed E-state index contributed by atoms with van der Waals surface area (Å²) in [6.45, 7) is 9.86. The third-order valence-corrected chi connectivity index (χ3v) is 3.79. The number of ether oxygens (including phenoxy) is 3. The molecule has 1 N–H and O–H groups in total. The molecule has 146 valence electrons. The quantitative estimate of drug-likeness (QED) is 0.375. The van der Waals surface area contributed by atoms with Gasteiger partial charge in [-0.2, -0.15) is 0 Å². The lowest BCUT2D eigenvalue weighted by Crippen LogP contribution is -2.30. The molecule has 7 nitrogen and oxygen atoms in total. The van der Waals surface area contributed by atoms with Crippen molar-refractivity contribution >= 4 is 17.7 Å². The second-order valence-electron chi connectivity index (χ2n) is 6.80. The van der Waals surface area contributed by atoms with Crippen LogP contribution in [0.25, 0.3) is 0 Å². The van der Waals surface area contributed by atoms with Gasteiger partial charge in [-0.05, 0) is 6.42 Å². The minimum absolute atomic E-state index is 0.0289. The zero-order valence-corrected chi connectivity index (χ0v) is 16.2. The Morgan fingerprint density at radius 1 is 0.960 bits per heavy atom. The Kier molecular flexibility index (Phi) is 12.1. The van der Waals surface area contributed by atoms with Gasteiger partial charge in [-0.25, -0.2) is 0 Å². The fourth-order valence-electron chi connectivity index (χ4n) is 2.22. The van der Waals surface area contributed by atoms with E-state index in [4.69, 9.17) is 9.47 Å². The van der Waals surface area contributed by atoms with Crippen molar-refractivity contribution in [3.63, 3.8) is 0 Å². The number of hydrogen-bond acceptors (Lipinski definition) is 6. The van der Waals surface area contributed by atoms with Crippen LogP contribution in [0.4, 0.5) is 0 Å². The predicted molar refractivity (Wildman–Crippen MR) is 94.1 cm³/mol. The van der Waals surface area contributed by atoms with E-state index in [9.17, 15) is 14.4 Å². The van der Waals surface area contributed by atoms with Crippen molar-refractivity contribution in [1.82, 2.24) is 5.32 Å². The standard InChI is InChI=1S/C18H33NO6/c1-14(2)17(22)18(3,4)8-10-24-12-13-25-11-9-19-15(20)6-7-16(21)23-5/h14H,6-13H2,1-5H3,(H,19,20). The maximum atomic E-state index is 12.0. The normalized spacial score (nSPS) is 11.4. The number of carbonyl (C=O) groups is 3. The summed E-state index contributed by atoms with van der Waals surface area (Å²) in [5, 5.41) is 2.66. The molecule has 0 bridgehead atoms. The molecule has 0 aliphatic carbocycles. The van der Waals surface area contributed by atoms with Gasteiger partial charge in [0.05, 0.1) is 33.4 Å². The number of amides is 1. The van der Waals surface area contributed by atoms with Crippen molar-refractivity contribution in [2.24, 2.45) is 11.3 Å². The molecule has 0 radical (unpaired) electrons. The van der Waals surface area contributed by atoms with Crippen LogP contribution in [0.1, 0.15) is 47.0 Å². The molecule has 0 unspecified atom stereocenters. The minimum atomic E-state index is -0.401. The summed E-state index contributed by atoms with van der Waals surface area (Å²) in [7, 11) is 1.29. The Bertz CT molecular complexity index is 420. The smallest absolute Gasteiger partial charge is 0.306 e. The molecule has 7 heteroatoms. The lowest BCUT2D eigenvalue weighted by Gasteiger charge is -2.24. The van der Waals surface area contributed by atoms with Crippen molar-refractivity contribution < 1.29 is 28.6 Å². The van der Waals surface area contributed by atoms with Crippen molar-refractivity contribution in [2.75, 3.05) is 40.1 Å². The molecule has 0 atom stereocenters. The lowest BCUT2D eigenvalue weighted by molar-refractivity contribution is -0.142. The summed E-state index contributed by atoms with van der Waals surface area (Å²) in [6, 6.07) is 0. The number of rotatable bonds is 14. The van der Waals surface area contributed by atoms with E-state index in [1.54, 1.807) is 0 Å². The third-order valence-electron chi connectivity index (χ3n) is 3.79. The Morgan fingerprint density at radius 2 is 1.56 bits per heavy atom. The average molecular weight is 359 g/mol. The Hall–Kier alpha value is -1.47. The van der Waals surface area contributed by atoms with Crippen LogP contribution >= 0.6 is 0 Å². The fraction of sp³-hybridized carbons (Fsp3) is 0.833. The number of methoxy groups -OCH3 is 1. The molecule has 0 rings (SSSR count). The van der Waals surface area contributed by atoms with Crippen LogP contribution in [-0.2, 0) is 28.6 Å². The highest BCUT2D eigenvalue weighted by Crippen LogP contribution is 2.25. The molecule has 0 fully saturated rings. The zero-order valence-electron chi connectivity index (χ0n) is 16.2. The van der Waals surface area contributed by atoms with Crippen LogP contribution in [0.15, 0.2) is 0 Å². The first-order chi connectivity index (χ1) is 11.7. The molecule has 0 aromatic rings. The van der Waals surface area contributed by atoms with Gasteiger partial charge in [0.25, 0.3) is 0 Å². The van der Waals surface area contributed by atoms with Crippen molar-refractivity contribution in [1.29, 1.82) is 0 Å². The maximum absolute atomic E-state index is 12.0. The first-order valence-corrected chi connectivity index (χ1v) is 8.74. The lowest BCUT2D eigenvalue weighted by atomic mass is 9.80. The summed E-state index contributed by atoms with van der Waals surface area (Å²) < 4.78 is 15.3. The molecule has 1 amide bonds. The van der Waals surface area contributed by atoms with Gasteiger partial charge in [0.2, 0.25) is 5.91 Å². The Labute approximate surface area is 150 Å². The summed E-state index contributed by atoms with van der Waals surface area (Å²) >= 11 is 0. The van der Waals surface area contributed by atoms with Gasteiger partial charge in [0.15, 0.2) is 0 Å². The van der Waals surface area contributed by atoms with Crippen molar-refractivity contribution in [2.45, 2.75) is 47.0 Å². The first kappa shape index (κ1) is 23.5. The molecule has 0 aliphatic heterocycles. The zero-order chi connectivity index (χ0) is 19.3. The molecule has 0 aromatic heterocycles. The van der Waals surface area contributed by atoms with Gasteiger partial charge in [0.1, 0.15) is 5.78 Å². The fourth-order valence-corrected chi connectivity index (χ4v) is 2.22. The van der Waals surface area contributed by atoms with Crippen molar-refractivity contribution in [3.05, 3.63) is 0 Å². The summed E-state index contributed by atoms with van der Waals surface area (Å²) in [6.07, 6.45) is 0.869. The van der Waals surface area contributed by atoms with Gasteiger partial charge in [-0.1, -0.05) is 27.7 Å². The maximum Gasteiger partial charge on any atom is 0.306 e. The van der Waals surface area contributed by atoms with Crippen LogP contribution in [0.2, 0.25) is 0 Å². The average Bonchev–Trinajstić information content (AvgIpc) is 2.57. The van der Waals surface area contributed by atoms with Crippen LogP contribution in [0, 0.1) is 11.3 Å². The molecule has 0 heterocycles. The first-order valence-electron chi connectivity index (χ1n) is 8.74. The van der Waals surface area contributed by atoms with E-state index in [0.717, 1.165) is 0 Å². The summed E-state index contributed by atoms with van der Waals surface area (Å²) in [5.74, 6) is -0.333. The van der Waals surface area contributed by atoms with Crippen LogP contribution in [0.5, 0.6) is 0 Å². The third kappa shape index (κ3) is 11.7. The van der Waals surface area contributed by atoms with Crippen LogP contribution in [-0.4, -0.2) is 57.7 Å². The molecule has 0 spiro atoms. The van der Waals surface area contributed by atoms with E-state index in [-0.39, 0.29) is 35.9 Å². The van der Waals surface area contributed by atoms with E-state index in [1.165, 1.54) is 7.11 Å². The van der Waals surface area contributed by atoms with E-state index < -0.39 is 5.97 Å². The van der Waals surface area contributed by atoms with E-state index >= 15 is 0 Å². The highest BCUT2D eigenvalue weighted by molar-refractivity contribution is 5.85. The number of nitrogens with one attached hydrogen (secondary N) is 1. The van der Waals surface area contributed by atoms with Crippen LogP contribution in [0.3, 0.4) is 0 Å². The molecule has 25 heavy (non-hydrogen) atoms. The molecular formula is C18H33NO6. The largest absolute Gasteiger partial charge is 0.469 e. The van der Waals surface area contributed by atoms with E-state index in [0.29, 0.717) is 39.4 Å². The minimum Gasteiger partial charge on any atom is -0.469 e. The monoisotopic (exact) mass is 359 g/mol. The Morgan fingerprint density at radius 3 is 2.12 bits per heavy atom. The molecule has 0 saturated carbocycles. The summed E-state index contributed by atoms with van der Waals surface area (Å²) in [4.78, 5) is 34.3. The van der Waals surface area contributed by atoms with Crippen molar-refractivity contribution in [3.8, 4) is 0 Å². The number of esters is 1. The summed E-state index contributed by atoms with van der Waals surface area (Å²) in [5.41, 5.74) is -0.372. The number of Topliss-reactive ketones (excluding diaryl/α,β-unsaturated/α-hetero) is 1. The number of ketones is 1. The van der Waals surface area contributed by atoms with Gasteiger partial charge >= 0.3 is 5.97 Å². The van der Waals surface area contributed by atoms with E-state index in [2.05, 4.69) is 10.1 Å².